The van der Waals surface area contributed by atoms with Gasteiger partial charge in [-0.05, 0) is 31.2 Å². The average molecular weight is 412 g/mol. The Morgan fingerprint density at radius 1 is 1.27 bits per heavy atom. The SMILES string of the molecule is C/C(=N\OCCO)c1ccc2nnc(C(C)c3c(F)cc4ncccc4c3F)n2n1. The minimum Gasteiger partial charge on any atom is -0.393 e. The predicted molar refractivity (Wildman–Crippen MR) is 105 cm³/mol. The summed E-state index contributed by atoms with van der Waals surface area (Å²) in [5.74, 6) is -1.89. The summed E-state index contributed by atoms with van der Waals surface area (Å²) in [6.07, 6.45) is 1.48. The number of aromatic nitrogens is 5. The van der Waals surface area contributed by atoms with Crippen molar-refractivity contribution in [3.63, 3.8) is 0 Å². The maximum atomic E-state index is 15.1. The van der Waals surface area contributed by atoms with Crippen LogP contribution in [-0.2, 0) is 4.84 Å². The second kappa shape index (κ2) is 8.07. The molecule has 154 valence electrons. The van der Waals surface area contributed by atoms with Crippen LogP contribution in [0.25, 0.3) is 16.6 Å². The molecular formula is C20H18F2N6O2. The molecule has 0 radical (unpaired) electrons. The Morgan fingerprint density at radius 2 is 2.10 bits per heavy atom. The summed E-state index contributed by atoms with van der Waals surface area (Å²) in [7, 11) is 0. The Labute approximate surface area is 169 Å². The molecule has 0 saturated carbocycles. The van der Waals surface area contributed by atoms with Crippen molar-refractivity contribution in [1.29, 1.82) is 0 Å². The molecule has 10 heteroatoms. The highest BCUT2D eigenvalue weighted by Crippen LogP contribution is 2.31. The third kappa shape index (κ3) is 3.45. The quantitative estimate of drug-likeness (QED) is 0.297. The van der Waals surface area contributed by atoms with Crippen LogP contribution in [0.2, 0.25) is 0 Å². The number of pyridine rings is 1. The van der Waals surface area contributed by atoms with Crippen LogP contribution in [0, 0.1) is 11.6 Å². The smallest absolute Gasteiger partial charge is 0.177 e. The number of rotatable bonds is 6. The maximum absolute atomic E-state index is 15.1. The van der Waals surface area contributed by atoms with Gasteiger partial charge in [-0.2, -0.15) is 9.61 Å². The van der Waals surface area contributed by atoms with Gasteiger partial charge in [0, 0.05) is 29.1 Å². The van der Waals surface area contributed by atoms with Crippen molar-refractivity contribution in [3.8, 4) is 0 Å². The molecule has 1 unspecified atom stereocenters. The van der Waals surface area contributed by atoms with Gasteiger partial charge in [0.25, 0.3) is 0 Å². The zero-order chi connectivity index (χ0) is 21.3. The van der Waals surface area contributed by atoms with Gasteiger partial charge in [0.15, 0.2) is 11.5 Å². The van der Waals surface area contributed by atoms with Gasteiger partial charge in [-0.3, -0.25) is 4.98 Å². The average Bonchev–Trinajstić information content (AvgIpc) is 3.17. The van der Waals surface area contributed by atoms with E-state index in [1.807, 2.05) is 0 Å². The topological polar surface area (TPSA) is 97.8 Å². The van der Waals surface area contributed by atoms with E-state index in [0.29, 0.717) is 17.1 Å². The van der Waals surface area contributed by atoms with Crippen LogP contribution in [0.4, 0.5) is 8.78 Å². The molecule has 8 nitrogen and oxygen atoms in total. The summed E-state index contributed by atoms with van der Waals surface area (Å²) in [5, 5.41) is 25.5. The summed E-state index contributed by atoms with van der Waals surface area (Å²) in [6, 6.07) is 7.72. The van der Waals surface area contributed by atoms with Gasteiger partial charge < -0.3 is 9.94 Å². The lowest BCUT2D eigenvalue weighted by molar-refractivity contribution is 0.0986. The molecule has 1 atom stereocenters. The number of hydrogen-bond donors (Lipinski definition) is 1. The van der Waals surface area contributed by atoms with Crippen molar-refractivity contribution in [2.24, 2.45) is 5.16 Å². The molecule has 4 aromatic rings. The van der Waals surface area contributed by atoms with Gasteiger partial charge in [0.2, 0.25) is 0 Å². The van der Waals surface area contributed by atoms with E-state index in [-0.39, 0.29) is 35.5 Å². The molecular weight excluding hydrogens is 394 g/mol. The molecule has 1 N–H and O–H groups in total. The Morgan fingerprint density at radius 3 is 2.90 bits per heavy atom. The highest BCUT2D eigenvalue weighted by atomic mass is 19.1. The van der Waals surface area contributed by atoms with E-state index < -0.39 is 17.6 Å². The number of oxime groups is 1. The van der Waals surface area contributed by atoms with Gasteiger partial charge in [0.1, 0.15) is 29.6 Å². The Hall–Kier alpha value is -3.53. The van der Waals surface area contributed by atoms with E-state index in [1.165, 1.54) is 16.8 Å². The zero-order valence-electron chi connectivity index (χ0n) is 16.3. The Kier molecular flexibility index (Phi) is 5.32. The zero-order valence-corrected chi connectivity index (χ0v) is 16.3. The fraction of sp³-hybridized carbons (Fsp3) is 0.250. The Balaban J connectivity index is 1.79. The van der Waals surface area contributed by atoms with Crippen LogP contribution in [0.1, 0.15) is 36.8 Å². The van der Waals surface area contributed by atoms with E-state index in [0.717, 1.165) is 0 Å². The maximum Gasteiger partial charge on any atom is 0.177 e. The molecule has 4 rings (SSSR count). The largest absolute Gasteiger partial charge is 0.393 e. The van der Waals surface area contributed by atoms with Gasteiger partial charge in [-0.15, -0.1) is 10.2 Å². The predicted octanol–water partition coefficient (Wildman–Crippen LogP) is 2.84. The van der Waals surface area contributed by atoms with Crippen LogP contribution >= 0.6 is 0 Å². The molecule has 30 heavy (non-hydrogen) atoms. The second-order valence-electron chi connectivity index (χ2n) is 6.66. The standard InChI is InChI=1S/C20H18F2N6O2/c1-11(18-14(21)10-16-13(19(18)22)4-3-7-23-16)20-25-24-17-6-5-15(26-28(17)20)12(2)27-30-9-8-29/h3-7,10-11,29H,8-9H2,1-2H3/b27-12+. The van der Waals surface area contributed by atoms with E-state index >= 15 is 4.39 Å². The van der Waals surface area contributed by atoms with Crippen molar-refractivity contribution in [2.45, 2.75) is 19.8 Å². The van der Waals surface area contributed by atoms with Gasteiger partial charge in [0.05, 0.1) is 12.1 Å². The van der Waals surface area contributed by atoms with Crippen molar-refractivity contribution in [3.05, 3.63) is 65.2 Å². The van der Waals surface area contributed by atoms with E-state index in [9.17, 15) is 4.39 Å². The minimum absolute atomic E-state index is 0.0594. The lowest BCUT2D eigenvalue weighted by Gasteiger charge is -2.14. The first-order valence-corrected chi connectivity index (χ1v) is 9.24. The molecule has 0 bridgehead atoms. The number of benzene rings is 1. The summed E-state index contributed by atoms with van der Waals surface area (Å²) in [6.45, 7) is 3.23. The van der Waals surface area contributed by atoms with Crippen LogP contribution in [0.15, 0.2) is 41.7 Å². The number of aliphatic hydroxyl groups excluding tert-OH is 1. The number of halogens is 2. The monoisotopic (exact) mass is 412 g/mol. The normalized spacial score (nSPS) is 13.2. The number of nitrogens with zero attached hydrogens (tertiary/aromatic N) is 6. The molecule has 0 spiro atoms. The molecule has 3 heterocycles. The highest BCUT2D eigenvalue weighted by Gasteiger charge is 2.25. The molecule has 0 saturated heterocycles. The van der Waals surface area contributed by atoms with Crippen molar-refractivity contribution in [1.82, 2.24) is 24.8 Å². The third-order valence-corrected chi connectivity index (χ3v) is 4.69. The van der Waals surface area contributed by atoms with Gasteiger partial charge in [-0.1, -0.05) is 12.1 Å². The number of fused-ring (bicyclic) bond motifs is 2. The summed E-state index contributed by atoms with van der Waals surface area (Å²) in [5.41, 5.74) is 1.47. The molecule has 0 amide bonds. The first kappa shape index (κ1) is 19.8. The van der Waals surface area contributed by atoms with Crippen molar-refractivity contribution >= 4 is 22.3 Å². The first-order valence-electron chi connectivity index (χ1n) is 9.24. The van der Waals surface area contributed by atoms with Crippen LogP contribution in [0.5, 0.6) is 0 Å². The minimum atomic E-state index is -0.768. The summed E-state index contributed by atoms with van der Waals surface area (Å²) >= 11 is 0. The number of aliphatic hydroxyl groups is 1. The Bertz CT molecular complexity index is 1260. The van der Waals surface area contributed by atoms with Gasteiger partial charge in [-0.25, -0.2) is 8.78 Å². The fourth-order valence-corrected chi connectivity index (χ4v) is 3.19. The van der Waals surface area contributed by atoms with Crippen molar-refractivity contribution in [2.75, 3.05) is 13.2 Å². The number of hydrogen-bond acceptors (Lipinski definition) is 7. The lowest BCUT2D eigenvalue weighted by atomic mass is 9.97. The van der Waals surface area contributed by atoms with Crippen LogP contribution < -0.4 is 0 Å². The first-order chi connectivity index (χ1) is 14.5. The fourth-order valence-electron chi connectivity index (χ4n) is 3.19. The molecule has 0 aliphatic rings. The lowest BCUT2D eigenvalue weighted by Crippen LogP contribution is -2.11. The van der Waals surface area contributed by atoms with E-state index in [1.54, 1.807) is 38.1 Å². The molecule has 1 aromatic carbocycles. The summed E-state index contributed by atoms with van der Waals surface area (Å²) in [4.78, 5) is 8.98. The van der Waals surface area contributed by atoms with E-state index in [4.69, 9.17) is 9.94 Å². The summed E-state index contributed by atoms with van der Waals surface area (Å²) < 4.78 is 31.4. The molecule has 0 aliphatic heterocycles. The second-order valence-corrected chi connectivity index (χ2v) is 6.66. The van der Waals surface area contributed by atoms with Crippen LogP contribution in [0.3, 0.4) is 0 Å². The van der Waals surface area contributed by atoms with E-state index in [2.05, 4.69) is 25.4 Å². The highest BCUT2D eigenvalue weighted by molar-refractivity contribution is 5.96. The van der Waals surface area contributed by atoms with Gasteiger partial charge >= 0.3 is 0 Å². The molecule has 0 aliphatic carbocycles. The van der Waals surface area contributed by atoms with Crippen molar-refractivity contribution < 1.29 is 18.7 Å². The third-order valence-electron chi connectivity index (χ3n) is 4.69. The van der Waals surface area contributed by atoms with Crippen LogP contribution in [-0.4, -0.2) is 48.8 Å². The molecule has 0 fully saturated rings. The molecule has 3 aromatic heterocycles.